The van der Waals surface area contributed by atoms with Gasteiger partial charge in [0.1, 0.15) is 0 Å². The molecule has 288 valence electrons. The van der Waals surface area contributed by atoms with E-state index in [0.29, 0.717) is 17.5 Å². The first kappa shape index (κ1) is 34.8. The van der Waals surface area contributed by atoms with Gasteiger partial charge in [0.05, 0.1) is 10.8 Å². The zero-order valence-electron chi connectivity index (χ0n) is 33.7. The number of benzene rings is 9. The number of fused-ring (bicyclic) bond motifs is 16. The van der Waals surface area contributed by atoms with Gasteiger partial charge in [0.2, 0.25) is 0 Å². The fourth-order valence-electron chi connectivity index (χ4n) is 11.3. The summed E-state index contributed by atoms with van der Waals surface area (Å²) in [6.07, 6.45) is 0. The van der Waals surface area contributed by atoms with Crippen LogP contribution in [0, 0.1) is 0 Å². The van der Waals surface area contributed by atoms with E-state index in [4.69, 9.17) is 15.0 Å². The van der Waals surface area contributed by atoms with E-state index in [1.807, 2.05) is 24.3 Å². The molecule has 10 aromatic rings. The minimum absolute atomic E-state index is 0.495. The van der Waals surface area contributed by atoms with Crippen LogP contribution < -0.4 is 0 Å². The minimum atomic E-state index is -0.613. The number of nitrogens with zero attached hydrogens (tertiary/aromatic N) is 3. The van der Waals surface area contributed by atoms with Crippen molar-refractivity contribution in [2.75, 3.05) is 0 Å². The van der Waals surface area contributed by atoms with Crippen LogP contribution in [0.3, 0.4) is 0 Å². The summed E-state index contributed by atoms with van der Waals surface area (Å²) >= 11 is 0. The summed E-state index contributed by atoms with van der Waals surface area (Å²) in [6.45, 7) is 0. The summed E-state index contributed by atoms with van der Waals surface area (Å²) in [5.41, 5.74) is 19.4. The monoisotopic (exact) mass is 787 g/mol. The normalized spacial score (nSPS) is 14.1. The Morgan fingerprint density at radius 1 is 0.210 bits per heavy atom. The number of hydrogen-bond donors (Lipinski definition) is 0. The number of rotatable bonds is 4. The quantitative estimate of drug-likeness (QED) is 0.178. The third-order valence-electron chi connectivity index (χ3n) is 13.6. The van der Waals surface area contributed by atoms with E-state index in [2.05, 4.69) is 200 Å². The molecule has 0 fully saturated rings. The second kappa shape index (κ2) is 13.2. The van der Waals surface area contributed by atoms with Crippen molar-refractivity contribution in [2.24, 2.45) is 0 Å². The smallest absolute Gasteiger partial charge is 0.164 e. The molecule has 2 spiro atoms. The Morgan fingerprint density at radius 3 is 1.06 bits per heavy atom. The molecule has 9 aromatic carbocycles. The van der Waals surface area contributed by atoms with E-state index in [1.54, 1.807) is 0 Å². The van der Waals surface area contributed by atoms with Crippen LogP contribution in [0.15, 0.2) is 224 Å². The van der Waals surface area contributed by atoms with Crippen LogP contribution >= 0.6 is 0 Å². The third kappa shape index (κ3) is 4.62. The van der Waals surface area contributed by atoms with Crippen molar-refractivity contribution in [1.82, 2.24) is 15.0 Å². The van der Waals surface area contributed by atoms with Gasteiger partial charge in [0.25, 0.3) is 0 Å². The minimum Gasteiger partial charge on any atom is -0.208 e. The van der Waals surface area contributed by atoms with Crippen LogP contribution in [0.1, 0.15) is 44.5 Å². The first-order chi connectivity index (χ1) is 30.8. The maximum Gasteiger partial charge on any atom is 0.164 e. The summed E-state index contributed by atoms with van der Waals surface area (Å²) in [5.74, 6) is 1.93. The molecular weight excluding hydrogens is 751 g/mol. The molecule has 13 rings (SSSR count). The van der Waals surface area contributed by atoms with Gasteiger partial charge in [-0.1, -0.05) is 224 Å². The largest absolute Gasteiger partial charge is 0.208 e. The third-order valence-corrected chi connectivity index (χ3v) is 13.6. The predicted octanol–water partition coefficient (Wildman–Crippen LogP) is 13.6. The zero-order valence-corrected chi connectivity index (χ0v) is 33.7. The van der Waals surface area contributed by atoms with Crippen molar-refractivity contribution < 1.29 is 0 Å². The first-order valence-electron chi connectivity index (χ1n) is 21.4. The SMILES string of the molecule is c1ccc(-c2ccc(-c3nc(-c4ccccc4)nc(-c4cccc5c4-c4ccccc4C54c5ccccc5C5(c6ccccc6-c6ccccc65)c5ccccc54)n3)cc2)cc1. The molecule has 3 heteroatoms. The van der Waals surface area contributed by atoms with E-state index in [9.17, 15) is 0 Å². The molecule has 62 heavy (non-hydrogen) atoms. The summed E-state index contributed by atoms with van der Waals surface area (Å²) in [7, 11) is 0. The standard InChI is InChI=1S/C59H37N3/c1-3-18-38(19-4-1)39-34-36-41(37-35-39)56-60-55(40-20-5-2-6-21-40)61-57(62-56)45-25-17-33-53-54(45)44-24-9-12-28-48(44)59(53)51-31-15-13-29-49(51)58(50-30-14-16-32-52(50)59)46-26-10-7-22-42(46)43-23-8-11-27-47(43)58/h1-37H. The first-order valence-corrected chi connectivity index (χ1v) is 21.4. The second-order valence-electron chi connectivity index (χ2n) is 16.6. The van der Waals surface area contributed by atoms with Gasteiger partial charge < -0.3 is 0 Å². The molecule has 0 aliphatic heterocycles. The lowest BCUT2D eigenvalue weighted by Gasteiger charge is -2.48. The molecule has 0 unspecified atom stereocenters. The fourth-order valence-corrected chi connectivity index (χ4v) is 11.3. The van der Waals surface area contributed by atoms with Crippen LogP contribution in [0.4, 0.5) is 0 Å². The highest BCUT2D eigenvalue weighted by atomic mass is 15.0. The van der Waals surface area contributed by atoms with Gasteiger partial charge in [-0.2, -0.15) is 0 Å². The fraction of sp³-hybridized carbons (Fsp3) is 0.0339. The Morgan fingerprint density at radius 2 is 0.532 bits per heavy atom. The van der Waals surface area contributed by atoms with Gasteiger partial charge in [-0.3, -0.25) is 0 Å². The molecular formula is C59H37N3. The lowest BCUT2D eigenvalue weighted by Crippen LogP contribution is -2.43. The lowest BCUT2D eigenvalue weighted by atomic mass is 9.52. The number of hydrogen-bond acceptors (Lipinski definition) is 3. The summed E-state index contributed by atoms with van der Waals surface area (Å²) in [6, 6.07) is 81.6. The summed E-state index contributed by atoms with van der Waals surface area (Å²) in [5, 5.41) is 0. The molecule has 1 aromatic heterocycles. The molecule has 0 radical (unpaired) electrons. The molecule has 0 bridgehead atoms. The Bertz CT molecular complexity index is 3310. The van der Waals surface area contributed by atoms with Crippen molar-refractivity contribution in [3.63, 3.8) is 0 Å². The topological polar surface area (TPSA) is 38.7 Å². The van der Waals surface area contributed by atoms with Gasteiger partial charge in [0.15, 0.2) is 17.5 Å². The van der Waals surface area contributed by atoms with Crippen LogP contribution in [0.5, 0.6) is 0 Å². The Balaban J connectivity index is 1.08. The van der Waals surface area contributed by atoms with Crippen molar-refractivity contribution in [2.45, 2.75) is 10.8 Å². The van der Waals surface area contributed by atoms with Crippen LogP contribution in [-0.4, -0.2) is 15.0 Å². The molecule has 0 amide bonds. The van der Waals surface area contributed by atoms with E-state index in [-0.39, 0.29) is 0 Å². The molecule has 0 saturated carbocycles. The van der Waals surface area contributed by atoms with Crippen LogP contribution in [0.2, 0.25) is 0 Å². The molecule has 3 aliphatic carbocycles. The van der Waals surface area contributed by atoms with Crippen molar-refractivity contribution in [1.29, 1.82) is 0 Å². The highest BCUT2D eigenvalue weighted by Gasteiger charge is 2.59. The zero-order chi connectivity index (χ0) is 40.8. The average Bonchev–Trinajstić information content (AvgIpc) is 3.82. The Kier molecular flexibility index (Phi) is 7.44. The van der Waals surface area contributed by atoms with Gasteiger partial charge in [-0.25, -0.2) is 15.0 Å². The molecule has 0 saturated heterocycles. The lowest BCUT2D eigenvalue weighted by molar-refractivity contribution is 0.633. The van der Waals surface area contributed by atoms with Crippen LogP contribution in [0.25, 0.3) is 67.5 Å². The van der Waals surface area contributed by atoms with Crippen molar-refractivity contribution in [3.05, 3.63) is 269 Å². The second-order valence-corrected chi connectivity index (χ2v) is 16.6. The van der Waals surface area contributed by atoms with E-state index in [0.717, 1.165) is 27.8 Å². The van der Waals surface area contributed by atoms with Gasteiger partial charge in [-0.15, -0.1) is 0 Å². The average molecular weight is 788 g/mol. The summed E-state index contributed by atoms with van der Waals surface area (Å²) in [4.78, 5) is 15.8. The Hall–Kier alpha value is -8.01. The van der Waals surface area contributed by atoms with Gasteiger partial charge >= 0.3 is 0 Å². The van der Waals surface area contributed by atoms with Crippen LogP contribution in [-0.2, 0) is 10.8 Å². The predicted molar refractivity (Wildman–Crippen MR) is 250 cm³/mol. The summed E-state index contributed by atoms with van der Waals surface area (Å²) < 4.78 is 0. The molecule has 3 nitrogen and oxygen atoms in total. The maximum absolute atomic E-state index is 5.36. The van der Waals surface area contributed by atoms with E-state index < -0.39 is 10.8 Å². The van der Waals surface area contributed by atoms with Gasteiger partial charge in [-0.05, 0) is 77.9 Å². The highest BCUT2D eigenvalue weighted by molar-refractivity contribution is 5.97. The van der Waals surface area contributed by atoms with Crippen molar-refractivity contribution in [3.8, 4) is 67.5 Å². The molecule has 3 aliphatic rings. The van der Waals surface area contributed by atoms with Crippen molar-refractivity contribution >= 4 is 0 Å². The maximum atomic E-state index is 5.36. The van der Waals surface area contributed by atoms with E-state index in [1.165, 1.54) is 66.8 Å². The van der Waals surface area contributed by atoms with Gasteiger partial charge in [0, 0.05) is 16.7 Å². The molecule has 0 atom stereocenters. The molecule has 1 heterocycles. The van der Waals surface area contributed by atoms with E-state index >= 15 is 0 Å². The highest BCUT2D eigenvalue weighted by Crippen LogP contribution is 2.67. The Labute approximate surface area is 360 Å². The molecule has 0 N–H and O–H groups in total. The number of aromatic nitrogens is 3.